The van der Waals surface area contributed by atoms with Crippen molar-refractivity contribution in [2.24, 2.45) is 4.99 Å². The second kappa shape index (κ2) is 11.2. The van der Waals surface area contributed by atoms with Crippen molar-refractivity contribution in [2.45, 2.75) is 13.5 Å². The van der Waals surface area contributed by atoms with Gasteiger partial charge in [-0.1, -0.05) is 34.1 Å². The molecular formula is C14H24BrIN4O2S. The zero-order valence-electron chi connectivity index (χ0n) is 13.5. The average Bonchev–Trinajstić information content (AvgIpc) is 2.43. The number of benzene rings is 1. The maximum Gasteiger partial charge on any atom is 0.208 e. The Morgan fingerprint density at radius 2 is 2.00 bits per heavy atom. The molecule has 1 rings (SSSR count). The predicted molar refractivity (Wildman–Crippen MR) is 110 cm³/mol. The highest BCUT2D eigenvalue weighted by Gasteiger charge is 2.08. The number of halogens is 2. The van der Waals surface area contributed by atoms with Gasteiger partial charge in [-0.05, 0) is 18.6 Å². The first-order valence-corrected chi connectivity index (χ1v) is 9.69. The van der Waals surface area contributed by atoms with Crippen molar-refractivity contribution < 1.29 is 8.42 Å². The van der Waals surface area contributed by atoms with Crippen molar-refractivity contribution in [1.82, 2.24) is 14.9 Å². The summed E-state index contributed by atoms with van der Waals surface area (Å²) >= 11 is 3.53. The quantitative estimate of drug-likeness (QED) is 0.251. The van der Waals surface area contributed by atoms with Crippen molar-refractivity contribution >= 4 is 55.9 Å². The highest BCUT2D eigenvalue weighted by molar-refractivity contribution is 14.0. The molecule has 23 heavy (non-hydrogen) atoms. The number of nitrogens with one attached hydrogen (secondary N) is 2. The highest BCUT2D eigenvalue weighted by atomic mass is 127. The Kier molecular flexibility index (Phi) is 11.0. The van der Waals surface area contributed by atoms with Gasteiger partial charge in [0.2, 0.25) is 10.0 Å². The van der Waals surface area contributed by atoms with Crippen LogP contribution in [0.5, 0.6) is 0 Å². The molecule has 0 saturated heterocycles. The minimum absolute atomic E-state index is 0. The third-order valence-electron chi connectivity index (χ3n) is 2.80. The van der Waals surface area contributed by atoms with Crippen molar-refractivity contribution in [3.63, 3.8) is 0 Å². The number of hydrogen-bond acceptors (Lipinski definition) is 3. The van der Waals surface area contributed by atoms with Crippen LogP contribution in [0, 0.1) is 0 Å². The number of aliphatic imine (C=N–C) groups is 1. The molecule has 0 spiro atoms. The normalized spacial score (nSPS) is 11.7. The lowest BCUT2D eigenvalue weighted by molar-refractivity contribution is 0.476. The van der Waals surface area contributed by atoms with E-state index in [1.807, 2.05) is 37.1 Å². The zero-order valence-corrected chi connectivity index (χ0v) is 18.3. The molecule has 2 N–H and O–H groups in total. The molecular weight excluding hydrogens is 495 g/mol. The highest BCUT2D eigenvalue weighted by Crippen LogP contribution is 2.17. The van der Waals surface area contributed by atoms with Gasteiger partial charge in [0.05, 0.1) is 12.8 Å². The summed E-state index contributed by atoms with van der Waals surface area (Å²) in [6, 6.07) is 8.02. The Hall–Kier alpha value is -0.390. The molecule has 0 bridgehead atoms. The molecule has 1 aromatic rings. The van der Waals surface area contributed by atoms with Gasteiger partial charge in [-0.15, -0.1) is 24.0 Å². The smallest absolute Gasteiger partial charge is 0.208 e. The Morgan fingerprint density at radius 1 is 1.35 bits per heavy atom. The molecule has 0 atom stereocenters. The van der Waals surface area contributed by atoms with Crippen LogP contribution in [0.3, 0.4) is 0 Å². The van der Waals surface area contributed by atoms with Crippen LogP contribution >= 0.6 is 39.9 Å². The Bertz CT molecular complexity index is 611. The molecule has 0 aliphatic rings. The lowest BCUT2D eigenvalue weighted by atomic mass is 10.2. The number of sulfonamides is 1. The van der Waals surface area contributed by atoms with Gasteiger partial charge in [0, 0.05) is 31.2 Å². The van der Waals surface area contributed by atoms with Crippen LogP contribution in [0.15, 0.2) is 33.7 Å². The monoisotopic (exact) mass is 518 g/mol. The first-order chi connectivity index (χ1) is 10.3. The van der Waals surface area contributed by atoms with E-state index in [2.05, 4.69) is 37.0 Å². The number of rotatable bonds is 7. The molecule has 6 nitrogen and oxygen atoms in total. The molecule has 132 valence electrons. The molecule has 1 aromatic carbocycles. The summed E-state index contributed by atoms with van der Waals surface area (Å²) in [6.07, 6.45) is 1.14. The van der Waals surface area contributed by atoms with Crippen LogP contribution in [-0.4, -0.2) is 52.2 Å². The van der Waals surface area contributed by atoms with E-state index in [1.54, 1.807) is 0 Å². The van der Waals surface area contributed by atoms with Crippen LogP contribution in [-0.2, 0) is 16.6 Å². The summed E-state index contributed by atoms with van der Waals surface area (Å²) in [6.45, 7) is 4.12. The van der Waals surface area contributed by atoms with E-state index in [0.717, 1.165) is 28.8 Å². The largest absolute Gasteiger partial charge is 0.357 e. The number of hydrogen-bond donors (Lipinski definition) is 2. The molecule has 0 aliphatic heterocycles. The molecule has 9 heteroatoms. The molecule has 0 unspecified atom stereocenters. The number of guanidine groups is 1. The van der Waals surface area contributed by atoms with E-state index in [1.165, 1.54) is 0 Å². The standard InChI is InChI=1S/C14H23BrN4O2S.HI/c1-4-16-14(17-9-10-18-22(3,20)21)19(2)11-12-7-5-6-8-13(12)15;/h5-8,18H,4,9-11H2,1-3H3,(H,16,17);1H. The van der Waals surface area contributed by atoms with E-state index >= 15 is 0 Å². The van der Waals surface area contributed by atoms with Crippen molar-refractivity contribution in [3.8, 4) is 0 Å². The summed E-state index contributed by atoms with van der Waals surface area (Å²) in [5.41, 5.74) is 1.16. The molecule has 0 radical (unpaired) electrons. The maximum atomic E-state index is 11.0. The summed E-state index contributed by atoms with van der Waals surface area (Å²) in [5, 5.41) is 3.20. The van der Waals surface area contributed by atoms with E-state index < -0.39 is 10.0 Å². The van der Waals surface area contributed by atoms with Gasteiger partial charge in [0.1, 0.15) is 0 Å². The Balaban J connectivity index is 0.00000484. The summed E-state index contributed by atoms with van der Waals surface area (Å²) in [5.74, 6) is 0.744. The Morgan fingerprint density at radius 3 is 2.57 bits per heavy atom. The lowest BCUT2D eigenvalue weighted by Gasteiger charge is -2.22. The van der Waals surface area contributed by atoms with Gasteiger partial charge in [-0.25, -0.2) is 13.1 Å². The minimum Gasteiger partial charge on any atom is -0.357 e. The van der Waals surface area contributed by atoms with Crippen molar-refractivity contribution in [1.29, 1.82) is 0 Å². The van der Waals surface area contributed by atoms with Gasteiger partial charge in [-0.3, -0.25) is 4.99 Å². The third kappa shape index (κ3) is 9.48. The molecule has 0 fully saturated rings. The van der Waals surface area contributed by atoms with Crippen LogP contribution < -0.4 is 10.0 Å². The lowest BCUT2D eigenvalue weighted by Crippen LogP contribution is -2.39. The van der Waals surface area contributed by atoms with Crippen LogP contribution in [0.25, 0.3) is 0 Å². The molecule has 0 heterocycles. The molecule has 0 aliphatic carbocycles. The van der Waals surface area contributed by atoms with E-state index in [0.29, 0.717) is 13.1 Å². The number of nitrogens with zero attached hydrogens (tertiary/aromatic N) is 2. The van der Waals surface area contributed by atoms with Gasteiger partial charge >= 0.3 is 0 Å². The summed E-state index contributed by atoms with van der Waals surface area (Å²) in [7, 11) is -1.22. The topological polar surface area (TPSA) is 73.8 Å². The fourth-order valence-electron chi connectivity index (χ4n) is 1.82. The van der Waals surface area contributed by atoms with Crippen LogP contribution in [0.2, 0.25) is 0 Å². The van der Waals surface area contributed by atoms with Gasteiger partial charge in [0.25, 0.3) is 0 Å². The summed E-state index contributed by atoms with van der Waals surface area (Å²) in [4.78, 5) is 6.44. The third-order valence-corrected chi connectivity index (χ3v) is 4.30. The second-order valence-electron chi connectivity index (χ2n) is 4.85. The second-order valence-corrected chi connectivity index (χ2v) is 7.54. The fraction of sp³-hybridized carbons (Fsp3) is 0.500. The fourth-order valence-corrected chi connectivity index (χ4v) is 2.69. The zero-order chi connectivity index (χ0) is 16.6. The van der Waals surface area contributed by atoms with Crippen molar-refractivity contribution in [3.05, 3.63) is 34.3 Å². The van der Waals surface area contributed by atoms with Crippen molar-refractivity contribution in [2.75, 3.05) is 32.9 Å². The molecule has 0 amide bonds. The minimum atomic E-state index is -3.17. The Labute approximate surface area is 164 Å². The summed E-state index contributed by atoms with van der Waals surface area (Å²) < 4.78 is 25.5. The van der Waals surface area contributed by atoms with E-state index in [4.69, 9.17) is 0 Å². The predicted octanol–water partition coefficient (Wildman–Crippen LogP) is 2.01. The van der Waals surface area contributed by atoms with E-state index in [9.17, 15) is 8.42 Å². The SMILES string of the molecule is CCNC(=NCCNS(C)(=O)=O)N(C)Cc1ccccc1Br.I. The van der Waals surface area contributed by atoms with Gasteiger partial charge in [0.15, 0.2) is 5.96 Å². The van der Waals surface area contributed by atoms with Gasteiger partial charge in [-0.2, -0.15) is 0 Å². The van der Waals surface area contributed by atoms with Crippen LogP contribution in [0.4, 0.5) is 0 Å². The first-order valence-electron chi connectivity index (χ1n) is 7.01. The van der Waals surface area contributed by atoms with E-state index in [-0.39, 0.29) is 30.5 Å². The van der Waals surface area contributed by atoms with Gasteiger partial charge < -0.3 is 10.2 Å². The van der Waals surface area contributed by atoms with Crippen LogP contribution in [0.1, 0.15) is 12.5 Å². The maximum absolute atomic E-state index is 11.0. The average molecular weight is 519 g/mol. The molecule has 0 saturated carbocycles. The molecule has 0 aromatic heterocycles. The first kappa shape index (κ1) is 22.6.